The van der Waals surface area contributed by atoms with Crippen molar-refractivity contribution in [2.75, 3.05) is 23.7 Å². The van der Waals surface area contributed by atoms with E-state index >= 15 is 0 Å². The van der Waals surface area contributed by atoms with Crippen molar-refractivity contribution in [2.24, 2.45) is 5.92 Å². The Morgan fingerprint density at radius 1 is 0.889 bits per heavy atom. The molecule has 0 fully saturated rings. The van der Waals surface area contributed by atoms with Gasteiger partial charge in [0.05, 0.1) is 11.4 Å². The Kier molecular flexibility index (Phi) is 7.80. The van der Waals surface area contributed by atoms with Gasteiger partial charge < -0.3 is 15.5 Å². The Balaban J connectivity index is 1.56. The number of nitrogens with one attached hydrogen (secondary N) is 2. The summed E-state index contributed by atoms with van der Waals surface area (Å²) in [4.78, 5) is 27.7. The molecule has 0 atom stereocenters. The van der Waals surface area contributed by atoms with Crippen molar-refractivity contribution >= 4 is 23.4 Å². The van der Waals surface area contributed by atoms with E-state index in [1.165, 1.54) is 4.90 Å². The highest BCUT2D eigenvalue weighted by Crippen LogP contribution is 2.25. The first kappa shape index (κ1) is 24.7. The molecule has 0 bridgehead atoms. The zero-order valence-electron chi connectivity index (χ0n) is 20.8. The quantitative estimate of drug-likeness (QED) is 0.325. The van der Waals surface area contributed by atoms with Crippen LogP contribution < -0.4 is 10.6 Å². The lowest BCUT2D eigenvalue weighted by Crippen LogP contribution is -2.42. The number of carbonyl (C=O) groups is 2. The number of amides is 3. The van der Waals surface area contributed by atoms with Crippen LogP contribution in [0.4, 0.5) is 16.3 Å². The molecule has 3 amide bonds. The second-order valence-corrected chi connectivity index (χ2v) is 9.15. The van der Waals surface area contributed by atoms with Crippen LogP contribution in [0.3, 0.4) is 0 Å². The van der Waals surface area contributed by atoms with Crippen molar-refractivity contribution in [3.63, 3.8) is 0 Å². The summed E-state index contributed by atoms with van der Waals surface area (Å²) < 4.78 is 1.72. The third-order valence-corrected chi connectivity index (χ3v) is 5.56. The molecule has 0 saturated heterocycles. The summed E-state index contributed by atoms with van der Waals surface area (Å²) >= 11 is 0. The van der Waals surface area contributed by atoms with E-state index in [4.69, 9.17) is 5.10 Å². The maximum atomic E-state index is 13.2. The number of rotatable bonds is 8. The van der Waals surface area contributed by atoms with E-state index in [1.54, 1.807) is 4.68 Å². The van der Waals surface area contributed by atoms with Gasteiger partial charge in [0, 0.05) is 23.9 Å². The molecule has 7 nitrogen and oxygen atoms in total. The fourth-order valence-electron chi connectivity index (χ4n) is 3.84. The molecule has 0 aliphatic rings. The molecule has 0 aliphatic carbocycles. The molecule has 7 heteroatoms. The molecule has 2 N–H and O–H groups in total. The minimum Gasteiger partial charge on any atom is -0.315 e. The number of urea groups is 1. The number of hydrogen-bond donors (Lipinski definition) is 2. The second kappa shape index (κ2) is 11.4. The molecular formula is C29H31N5O2. The number of para-hydroxylation sites is 1. The SMILES string of the molecule is Cc1ccc(-n2nc(-c3ccccc3)cc2NC(=O)CN(CC(C)C)C(=O)Nc2ccccc2)cc1. The molecule has 0 spiro atoms. The zero-order valence-corrected chi connectivity index (χ0v) is 20.8. The number of aromatic nitrogens is 2. The maximum Gasteiger partial charge on any atom is 0.322 e. The van der Waals surface area contributed by atoms with Crippen LogP contribution in [0.25, 0.3) is 16.9 Å². The third kappa shape index (κ3) is 6.39. The highest BCUT2D eigenvalue weighted by Gasteiger charge is 2.20. The maximum absolute atomic E-state index is 13.2. The lowest BCUT2D eigenvalue weighted by atomic mass is 10.1. The monoisotopic (exact) mass is 481 g/mol. The first-order chi connectivity index (χ1) is 17.4. The van der Waals surface area contributed by atoms with Crippen molar-refractivity contribution in [3.8, 4) is 16.9 Å². The average molecular weight is 482 g/mol. The molecular weight excluding hydrogens is 450 g/mol. The minimum absolute atomic E-state index is 0.0867. The van der Waals surface area contributed by atoms with Crippen LogP contribution in [0, 0.1) is 12.8 Å². The van der Waals surface area contributed by atoms with Gasteiger partial charge in [-0.2, -0.15) is 5.10 Å². The Labute approximate surface area is 211 Å². The number of nitrogens with zero attached hydrogens (tertiary/aromatic N) is 3. The van der Waals surface area contributed by atoms with E-state index < -0.39 is 0 Å². The fraction of sp³-hybridized carbons (Fsp3) is 0.207. The number of hydrogen-bond acceptors (Lipinski definition) is 3. The predicted octanol–water partition coefficient (Wildman–Crippen LogP) is 5.98. The summed E-state index contributed by atoms with van der Waals surface area (Å²) in [6, 6.07) is 28.5. The van der Waals surface area contributed by atoms with E-state index in [0.29, 0.717) is 18.1 Å². The third-order valence-electron chi connectivity index (χ3n) is 5.56. The summed E-state index contributed by atoms with van der Waals surface area (Å²) in [5.41, 5.74) is 4.34. The molecule has 4 rings (SSSR count). The van der Waals surface area contributed by atoms with Crippen molar-refractivity contribution in [2.45, 2.75) is 20.8 Å². The van der Waals surface area contributed by atoms with Gasteiger partial charge in [-0.25, -0.2) is 9.48 Å². The first-order valence-electron chi connectivity index (χ1n) is 12.0. The van der Waals surface area contributed by atoms with Gasteiger partial charge in [0.25, 0.3) is 0 Å². The van der Waals surface area contributed by atoms with E-state index in [9.17, 15) is 9.59 Å². The molecule has 0 saturated carbocycles. The molecule has 1 heterocycles. The Morgan fingerprint density at radius 3 is 2.17 bits per heavy atom. The lowest BCUT2D eigenvalue weighted by molar-refractivity contribution is -0.116. The van der Waals surface area contributed by atoms with Crippen LogP contribution in [0.5, 0.6) is 0 Å². The number of aryl methyl sites for hydroxylation is 1. The minimum atomic E-state index is -0.318. The Hall–Kier alpha value is -4.39. The van der Waals surface area contributed by atoms with Crippen LogP contribution in [0.2, 0.25) is 0 Å². The van der Waals surface area contributed by atoms with Gasteiger partial charge >= 0.3 is 6.03 Å². The first-order valence-corrected chi connectivity index (χ1v) is 12.0. The lowest BCUT2D eigenvalue weighted by Gasteiger charge is -2.24. The standard InChI is InChI=1S/C29H31N5O2/c1-21(2)19-33(29(36)30-24-12-8-5-9-13-24)20-28(35)31-27-18-26(23-10-6-4-7-11-23)32-34(27)25-16-14-22(3)15-17-25/h4-18,21H,19-20H2,1-3H3,(H,30,36)(H,31,35). The predicted molar refractivity (Wildman–Crippen MR) is 144 cm³/mol. The van der Waals surface area contributed by atoms with Gasteiger partial charge in [-0.3, -0.25) is 4.79 Å². The second-order valence-electron chi connectivity index (χ2n) is 9.15. The van der Waals surface area contributed by atoms with Gasteiger partial charge in [0.2, 0.25) is 5.91 Å². The van der Waals surface area contributed by atoms with Gasteiger partial charge in [0.1, 0.15) is 12.4 Å². The molecule has 36 heavy (non-hydrogen) atoms. The van der Waals surface area contributed by atoms with E-state index in [-0.39, 0.29) is 24.4 Å². The fourth-order valence-corrected chi connectivity index (χ4v) is 3.84. The van der Waals surface area contributed by atoms with Gasteiger partial charge in [-0.05, 0) is 37.1 Å². The smallest absolute Gasteiger partial charge is 0.315 e. The zero-order chi connectivity index (χ0) is 25.5. The number of benzene rings is 3. The molecule has 184 valence electrons. The van der Waals surface area contributed by atoms with Crippen LogP contribution in [-0.2, 0) is 4.79 Å². The largest absolute Gasteiger partial charge is 0.322 e. The summed E-state index contributed by atoms with van der Waals surface area (Å²) in [7, 11) is 0. The molecule has 4 aromatic rings. The van der Waals surface area contributed by atoms with Gasteiger partial charge in [-0.1, -0.05) is 80.1 Å². The van der Waals surface area contributed by atoms with E-state index in [2.05, 4.69) is 10.6 Å². The average Bonchev–Trinajstić information content (AvgIpc) is 3.28. The van der Waals surface area contributed by atoms with E-state index in [1.807, 2.05) is 112 Å². The number of anilines is 2. The van der Waals surface area contributed by atoms with Crippen LogP contribution in [0.15, 0.2) is 91.0 Å². The molecule has 0 aliphatic heterocycles. The van der Waals surface area contributed by atoms with Gasteiger partial charge in [0.15, 0.2) is 0 Å². The molecule has 0 radical (unpaired) electrons. The summed E-state index contributed by atoms with van der Waals surface area (Å²) in [5.74, 6) is 0.435. The van der Waals surface area contributed by atoms with E-state index in [0.717, 1.165) is 22.5 Å². The van der Waals surface area contributed by atoms with Crippen molar-refractivity contribution in [3.05, 3.63) is 96.6 Å². The summed E-state index contributed by atoms with van der Waals surface area (Å²) in [6.45, 7) is 6.41. The van der Waals surface area contributed by atoms with Gasteiger partial charge in [-0.15, -0.1) is 0 Å². The molecule has 0 unspecified atom stereocenters. The summed E-state index contributed by atoms with van der Waals surface area (Å²) in [6.07, 6.45) is 0. The van der Waals surface area contributed by atoms with Crippen molar-refractivity contribution in [1.29, 1.82) is 0 Å². The highest BCUT2D eigenvalue weighted by atomic mass is 16.2. The molecule has 1 aromatic heterocycles. The normalized spacial score (nSPS) is 10.8. The van der Waals surface area contributed by atoms with Crippen molar-refractivity contribution in [1.82, 2.24) is 14.7 Å². The van der Waals surface area contributed by atoms with Crippen LogP contribution in [0.1, 0.15) is 19.4 Å². The topological polar surface area (TPSA) is 79.3 Å². The Morgan fingerprint density at radius 2 is 1.53 bits per heavy atom. The highest BCUT2D eigenvalue weighted by molar-refractivity contribution is 5.97. The molecule has 3 aromatic carbocycles. The summed E-state index contributed by atoms with van der Waals surface area (Å²) in [5, 5.41) is 10.6. The van der Waals surface area contributed by atoms with Crippen LogP contribution >= 0.6 is 0 Å². The van der Waals surface area contributed by atoms with Crippen LogP contribution in [-0.4, -0.2) is 39.7 Å². The Bertz CT molecular complexity index is 1300. The number of carbonyl (C=O) groups excluding carboxylic acids is 2. The van der Waals surface area contributed by atoms with Crippen molar-refractivity contribution < 1.29 is 9.59 Å².